The lowest BCUT2D eigenvalue weighted by Gasteiger charge is -2.25. The van der Waals surface area contributed by atoms with Gasteiger partial charge in [0, 0.05) is 6.54 Å². The highest BCUT2D eigenvalue weighted by atomic mass is 14.9. The second kappa shape index (κ2) is 6.90. The lowest BCUT2D eigenvalue weighted by molar-refractivity contribution is 0.275. The molecule has 0 saturated heterocycles. The average Bonchev–Trinajstić information content (AvgIpc) is 2.42. The molecule has 0 unspecified atom stereocenters. The van der Waals surface area contributed by atoms with Gasteiger partial charge in [-0.15, -0.1) is 0 Å². The Kier molecular flexibility index (Phi) is 5.19. The molecule has 0 heterocycles. The fourth-order valence-corrected chi connectivity index (χ4v) is 2.97. The molecule has 1 N–H and O–H groups in total. The van der Waals surface area contributed by atoms with Crippen molar-refractivity contribution in [2.24, 2.45) is 17.8 Å². The fourth-order valence-electron chi connectivity index (χ4n) is 2.97. The minimum atomic E-state index is 0.735. The second-order valence-electron chi connectivity index (χ2n) is 6.46. The van der Waals surface area contributed by atoms with E-state index in [2.05, 4.69) is 75.5 Å². The molecule has 0 amide bonds. The molecule has 2 rings (SSSR count). The first-order chi connectivity index (χ1) is 9.58. The van der Waals surface area contributed by atoms with Gasteiger partial charge in [0.25, 0.3) is 0 Å². The van der Waals surface area contributed by atoms with Crippen molar-refractivity contribution in [1.82, 2.24) is 5.32 Å². The predicted molar refractivity (Wildman–Crippen MR) is 88.8 cm³/mol. The van der Waals surface area contributed by atoms with Crippen molar-refractivity contribution in [2.75, 3.05) is 6.54 Å². The molecule has 1 heteroatoms. The van der Waals surface area contributed by atoms with Crippen LogP contribution in [-0.2, 0) is 6.54 Å². The summed E-state index contributed by atoms with van der Waals surface area (Å²) in [5.41, 5.74) is 1.37. The van der Waals surface area contributed by atoms with Gasteiger partial charge in [-0.3, -0.25) is 0 Å². The Labute approximate surface area is 123 Å². The van der Waals surface area contributed by atoms with Gasteiger partial charge < -0.3 is 5.32 Å². The third kappa shape index (κ3) is 3.83. The van der Waals surface area contributed by atoms with Gasteiger partial charge in [-0.2, -0.15) is 0 Å². The van der Waals surface area contributed by atoms with Crippen LogP contribution < -0.4 is 5.32 Å². The van der Waals surface area contributed by atoms with Crippen LogP contribution in [0.3, 0.4) is 0 Å². The zero-order valence-corrected chi connectivity index (χ0v) is 13.2. The molecule has 0 atom stereocenters. The fraction of sp³-hybridized carbons (Fsp3) is 0.474. The SMILES string of the molecule is CC(C)C(CNCc1ccc2ccccc2c1)C(C)C. The van der Waals surface area contributed by atoms with Crippen LogP contribution in [0.5, 0.6) is 0 Å². The summed E-state index contributed by atoms with van der Waals surface area (Å²) in [5.74, 6) is 2.22. The van der Waals surface area contributed by atoms with E-state index in [0.29, 0.717) is 0 Å². The van der Waals surface area contributed by atoms with E-state index in [1.807, 2.05) is 0 Å². The number of hydrogen-bond acceptors (Lipinski definition) is 1. The van der Waals surface area contributed by atoms with Crippen molar-refractivity contribution in [2.45, 2.75) is 34.2 Å². The number of nitrogens with one attached hydrogen (secondary N) is 1. The van der Waals surface area contributed by atoms with E-state index in [0.717, 1.165) is 30.8 Å². The van der Waals surface area contributed by atoms with Crippen LogP contribution in [0.25, 0.3) is 10.8 Å². The predicted octanol–water partition coefficient (Wildman–Crippen LogP) is 4.86. The topological polar surface area (TPSA) is 12.0 Å². The first-order valence-corrected chi connectivity index (χ1v) is 7.76. The summed E-state index contributed by atoms with van der Waals surface area (Å²) in [6, 6.07) is 15.3. The van der Waals surface area contributed by atoms with E-state index < -0.39 is 0 Å². The van der Waals surface area contributed by atoms with E-state index in [1.54, 1.807) is 0 Å². The lowest BCUT2D eigenvalue weighted by atomic mass is 9.85. The van der Waals surface area contributed by atoms with Crippen LogP contribution in [0.4, 0.5) is 0 Å². The third-order valence-electron chi connectivity index (χ3n) is 4.24. The molecule has 0 fully saturated rings. The summed E-state index contributed by atoms with van der Waals surface area (Å²) in [6.45, 7) is 11.3. The Balaban J connectivity index is 1.95. The van der Waals surface area contributed by atoms with E-state index >= 15 is 0 Å². The molecular formula is C19H27N. The zero-order chi connectivity index (χ0) is 14.5. The van der Waals surface area contributed by atoms with Crippen molar-refractivity contribution in [1.29, 1.82) is 0 Å². The first kappa shape index (κ1) is 15.1. The Hall–Kier alpha value is -1.34. The number of rotatable bonds is 6. The number of hydrogen-bond donors (Lipinski definition) is 1. The molecule has 0 bridgehead atoms. The molecule has 2 aromatic carbocycles. The second-order valence-corrected chi connectivity index (χ2v) is 6.46. The maximum atomic E-state index is 3.63. The quantitative estimate of drug-likeness (QED) is 0.790. The first-order valence-electron chi connectivity index (χ1n) is 7.76. The highest BCUT2D eigenvalue weighted by Gasteiger charge is 2.16. The number of benzene rings is 2. The molecule has 0 radical (unpaired) electrons. The van der Waals surface area contributed by atoms with Gasteiger partial charge in [-0.1, -0.05) is 64.1 Å². The van der Waals surface area contributed by atoms with Crippen LogP contribution in [0.2, 0.25) is 0 Å². The van der Waals surface area contributed by atoms with Gasteiger partial charge in [0.15, 0.2) is 0 Å². The molecule has 20 heavy (non-hydrogen) atoms. The van der Waals surface area contributed by atoms with Gasteiger partial charge >= 0.3 is 0 Å². The maximum Gasteiger partial charge on any atom is 0.0205 e. The van der Waals surface area contributed by atoms with Crippen LogP contribution in [0.1, 0.15) is 33.3 Å². The molecule has 0 aliphatic heterocycles. The van der Waals surface area contributed by atoms with Gasteiger partial charge in [0.2, 0.25) is 0 Å². The van der Waals surface area contributed by atoms with E-state index in [-0.39, 0.29) is 0 Å². The summed E-state index contributed by atoms with van der Waals surface area (Å²) in [6.07, 6.45) is 0. The molecular weight excluding hydrogens is 242 g/mol. The monoisotopic (exact) mass is 269 g/mol. The average molecular weight is 269 g/mol. The van der Waals surface area contributed by atoms with Crippen molar-refractivity contribution in [3.05, 3.63) is 48.0 Å². The normalized spacial score (nSPS) is 11.9. The summed E-state index contributed by atoms with van der Waals surface area (Å²) in [4.78, 5) is 0. The smallest absolute Gasteiger partial charge is 0.0205 e. The Morgan fingerprint density at radius 1 is 0.850 bits per heavy atom. The molecule has 2 aromatic rings. The van der Waals surface area contributed by atoms with Crippen molar-refractivity contribution in [3.8, 4) is 0 Å². The Morgan fingerprint density at radius 3 is 2.15 bits per heavy atom. The molecule has 1 nitrogen and oxygen atoms in total. The summed E-state index contributed by atoms with van der Waals surface area (Å²) >= 11 is 0. The van der Waals surface area contributed by atoms with E-state index in [1.165, 1.54) is 16.3 Å². The lowest BCUT2D eigenvalue weighted by Crippen LogP contribution is -2.29. The molecule has 0 aliphatic rings. The van der Waals surface area contributed by atoms with Crippen LogP contribution in [0.15, 0.2) is 42.5 Å². The molecule has 108 valence electrons. The molecule has 0 saturated carbocycles. The Bertz CT molecular complexity index is 534. The minimum Gasteiger partial charge on any atom is -0.312 e. The Morgan fingerprint density at radius 2 is 1.50 bits per heavy atom. The maximum absolute atomic E-state index is 3.63. The van der Waals surface area contributed by atoms with Crippen molar-refractivity contribution in [3.63, 3.8) is 0 Å². The summed E-state index contributed by atoms with van der Waals surface area (Å²) < 4.78 is 0. The van der Waals surface area contributed by atoms with Crippen LogP contribution in [0, 0.1) is 17.8 Å². The van der Waals surface area contributed by atoms with Crippen molar-refractivity contribution >= 4 is 10.8 Å². The van der Waals surface area contributed by atoms with Gasteiger partial charge in [-0.05, 0) is 46.7 Å². The van der Waals surface area contributed by atoms with E-state index in [4.69, 9.17) is 0 Å². The minimum absolute atomic E-state index is 0.735. The van der Waals surface area contributed by atoms with Gasteiger partial charge in [0.05, 0.1) is 0 Å². The number of fused-ring (bicyclic) bond motifs is 1. The van der Waals surface area contributed by atoms with Crippen LogP contribution >= 0.6 is 0 Å². The van der Waals surface area contributed by atoms with Gasteiger partial charge in [-0.25, -0.2) is 0 Å². The highest BCUT2D eigenvalue weighted by molar-refractivity contribution is 5.82. The molecule has 0 spiro atoms. The summed E-state index contributed by atoms with van der Waals surface area (Å²) in [5, 5.41) is 6.28. The third-order valence-corrected chi connectivity index (χ3v) is 4.24. The summed E-state index contributed by atoms with van der Waals surface area (Å²) in [7, 11) is 0. The van der Waals surface area contributed by atoms with Crippen LogP contribution in [-0.4, -0.2) is 6.54 Å². The zero-order valence-electron chi connectivity index (χ0n) is 13.2. The van der Waals surface area contributed by atoms with E-state index in [9.17, 15) is 0 Å². The van der Waals surface area contributed by atoms with Gasteiger partial charge in [0.1, 0.15) is 0 Å². The highest BCUT2D eigenvalue weighted by Crippen LogP contribution is 2.20. The van der Waals surface area contributed by atoms with Crippen molar-refractivity contribution < 1.29 is 0 Å². The largest absolute Gasteiger partial charge is 0.312 e. The standard InChI is InChI=1S/C19H27N/c1-14(2)19(15(3)4)13-20-12-16-9-10-17-7-5-6-8-18(17)11-16/h5-11,14-15,19-20H,12-13H2,1-4H3. The molecule has 0 aromatic heterocycles. The molecule has 0 aliphatic carbocycles.